The Kier molecular flexibility index (Phi) is 2.13. The zero-order chi connectivity index (χ0) is 5.11. The summed E-state index contributed by atoms with van der Waals surface area (Å²) in [6.45, 7) is 0.829. The minimum absolute atomic E-state index is 0.237. The lowest BCUT2D eigenvalue weighted by atomic mass is 10.2. The van der Waals surface area contributed by atoms with Crippen molar-refractivity contribution in [2.75, 3.05) is 6.61 Å². The Balaban J connectivity index is 2.12. The normalized spacial score (nSPS) is 33.0. The van der Waals surface area contributed by atoms with Crippen LogP contribution in [-0.4, -0.2) is 11.6 Å². The van der Waals surface area contributed by atoms with E-state index in [-0.39, 0.29) is 5.01 Å². The third-order valence-corrected chi connectivity index (χ3v) is 1.47. The monoisotopic (exact) mass is 162 g/mol. The predicted molar refractivity (Wildman–Crippen MR) is 31.1 cm³/mol. The largest absolute Gasteiger partial charge is 0.367 e. The molecule has 1 saturated heterocycles. The molecular formula is C5H7BrO. The molecule has 0 aliphatic carbocycles. The highest BCUT2D eigenvalue weighted by Crippen LogP contribution is 2.15. The van der Waals surface area contributed by atoms with E-state index in [4.69, 9.17) is 4.74 Å². The second kappa shape index (κ2) is 2.68. The fourth-order valence-corrected chi connectivity index (χ4v) is 0.949. The average molecular weight is 163 g/mol. The molecule has 0 N–H and O–H groups in total. The van der Waals surface area contributed by atoms with Crippen LogP contribution < -0.4 is 0 Å². The molecule has 7 heavy (non-hydrogen) atoms. The van der Waals surface area contributed by atoms with Crippen molar-refractivity contribution in [1.82, 2.24) is 0 Å². The van der Waals surface area contributed by atoms with Gasteiger partial charge in [0.2, 0.25) is 0 Å². The van der Waals surface area contributed by atoms with Crippen LogP contribution in [0.4, 0.5) is 0 Å². The highest BCUT2D eigenvalue weighted by atomic mass is 79.9. The van der Waals surface area contributed by atoms with Crippen LogP contribution >= 0.6 is 15.9 Å². The average Bonchev–Trinajstić information content (AvgIpc) is 1.69. The van der Waals surface area contributed by atoms with Gasteiger partial charge in [-0.15, -0.1) is 0 Å². The Hall–Kier alpha value is 0.440. The molecule has 0 aromatic heterocycles. The minimum atomic E-state index is 0.237. The summed E-state index contributed by atoms with van der Waals surface area (Å²) in [5.74, 6) is 0. The lowest BCUT2D eigenvalue weighted by molar-refractivity contribution is 0.0969. The zero-order valence-electron chi connectivity index (χ0n) is 3.98. The van der Waals surface area contributed by atoms with Crippen molar-refractivity contribution in [3.63, 3.8) is 0 Å². The number of alkyl halides is 1. The molecule has 2 heteroatoms. The Morgan fingerprint density at radius 2 is 2.57 bits per heavy atom. The van der Waals surface area contributed by atoms with Crippen molar-refractivity contribution >= 4 is 15.9 Å². The highest BCUT2D eigenvalue weighted by molar-refractivity contribution is 9.09. The Labute approximate surface area is 52.2 Å². The third kappa shape index (κ3) is 1.78. The minimum Gasteiger partial charge on any atom is -0.367 e. The first-order chi connectivity index (χ1) is 3.39. The SMILES string of the molecule is BrC1C[C]CCO1. The lowest BCUT2D eigenvalue weighted by Crippen LogP contribution is -2.11. The maximum Gasteiger partial charge on any atom is 0.113 e. The van der Waals surface area contributed by atoms with E-state index in [9.17, 15) is 0 Å². The van der Waals surface area contributed by atoms with Crippen LogP contribution in [0, 0.1) is 6.42 Å². The molecule has 1 nitrogen and oxygen atoms in total. The van der Waals surface area contributed by atoms with Crippen LogP contribution in [0.3, 0.4) is 0 Å². The molecule has 0 aromatic carbocycles. The van der Waals surface area contributed by atoms with E-state index < -0.39 is 0 Å². The van der Waals surface area contributed by atoms with E-state index in [1.165, 1.54) is 0 Å². The molecule has 1 atom stereocenters. The third-order valence-electron chi connectivity index (χ3n) is 0.882. The van der Waals surface area contributed by atoms with Crippen LogP contribution in [0.25, 0.3) is 0 Å². The van der Waals surface area contributed by atoms with Crippen LogP contribution in [0.1, 0.15) is 12.8 Å². The molecule has 1 fully saturated rings. The molecule has 0 spiro atoms. The smallest absolute Gasteiger partial charge is 0.113 e. The van der Waals surface area contributed by atoms with E-state index in [0.717, 1.165) is 19.4 Å². The van der Waals surface area contributed by atoms with Crippen molar-refractivity contribution in [1.29, 1.82) is 0 Å². The summed E-state index contributed by atoms with van der Waals surface area (Å²) in [5.41, 5.74) is 0. The molecule has 0 saturated carbocycles. The van der Waals surface area contributed by atoms with Gasteiger partial charge in [0.1, 0.15) is 5.01 Å². The van der Waals surface area contributed by atoms with Gasteiger partial charge in [-0.3, -0.25) is 0 Å². The molecule has 1 rings (SSSR count). The summed E-state index contributed by atoms with van der Waals surface area (Å²) in [6, 6.07) is 0. The van der Waals surface area contributed by atoms with E-state index in [2.05, 4.69) is 22.4 Å². The van der Waals surface area contributed by atoms with Gasteiger partial charge in [0.05, 0.1) is 0 Å². The van der Waals surface area contributed by atoms with Crippen molar-refractivity contribution < 1.29 is 4.74 Å². The van der Waals surface area contributed by atoms with Gasteiger partial charge >= 0.3 is 0 Å². The first-order valence-electron chi connectivity index (χ1n) is 2.36. The van der Waals surface area contributed by atoms with Gasteiger partial charge in [0.15, 0.2) is 0 Å². The number of rotatable bonds is 0. The van der Waals surface area contributed by atoms with Gasteiger partial charge in [0.25, 0.3) is 0 Å². The van der Waals surface area contributed by atoms with Crippen molar-refractivity contribution in [3.8, 4) is 0 Å². The molecule has 0 amide bonds. The summed E-state index contributed by atoms with van der Waals surface area (Å²) < 4.78 is 5.13. The molecule has 40 valence electrons. The lowest BCUT2D eigenvalue weighted by Gasteiger charge is -2.15. The standard InChI is InChI=1S/C5H7BrO/c6-5-3-1-2-4-7-5/h5H,2-4H2. The quantitative estimate of drug-likeness (QED) is 0.493. The molecule has 1 aliphatic heterocycles. The molecule has 1 unspecified atom stereocenters. The Morgan fingerprint density at radius 1 is 1.71 bits per heavy atom. The van der Waals surface area contributed by atoms with Gasteiger partial charge < -0.3 is 4.74 Å². The van der Waals surface area contributed by atoms with E-state index in [0.29, 0.717) is 0 Å². The molecular weight excluding hydrogens is 156 g/mol. The molecule has 1 heterocycles. The number of hydrogen-bond acceptors (Lipinski definition) is 1. The van der Waals surface area contributed by atoms with Crippen molar-refractivity contribution in [2.45, 2.75) is 17.9 Å². The van der Waals surface area contributed by atoms with Gasteiger partial charge in [-0.25, -0.2) is 0 Å². The summed E-state index contributed by atoms with van der Waals surface area (Å²) in [4.78, 5) is 0. The number of hydrogen-bond donors (Lipinski definition) is 0. The maximum atomic E-state index is 5.13. The van der Waals surface area contributed by atoms with Crippen LogP contribution in [0.15, 0.2) is 0 Å². The summed E-state index contributed by atoms with van der Waals surface area (Å²) in [7, 11) is 0. The first kappa shape index (κ1) is 5.57. The van der Waals surface area contributed by atoms with Crippen LogP contribution in [-0.2, 0) is 4.74 Å². The number of ether oxygens (including phenoxy) is 1. The molecule has 0 bridgehead atoms. The summed E-state index contributed by atoms with van der Waals surface area (Å²) >= 11 is 3.30. The van der Waals surface area contributed by atoms with Gasteiger partial charge in [-0.2, -0.15) is 0 Å². The van der Waals surface area contributed by atoms with E-state index in [1.807, 2.05) is 0 Å². The second-order valence-electron chi connectivity index (χ2n) is 1.48. The van der Waals surface area contributed by atoms with Crippen molar-refractivity contribution in [3.05, 3.63) is 6.42 Å². The van der Waals surface area contributed by atoms with E-state index >= 15 is 0 Å². The molecule has 2 radical (unpaired) electrons. The zero-order valence-corrected chi connectivity index (χ0v) is 5.57. The van der Waals surface area contributed by atoms with Crippen LogP contribution in [0.2, 0.25) is 0 Å². The maximum absolute atomic E-state index is 5.13. The Bertz CT molecular complexity index is 50.0. The topological polar surface area (TPSA) is 9.23 Å². The van der Waals surface area contributed by atoms with Gasteiger partial charge in [-0.05, 0) is 19.3 Å². The predicted octanol–water partition coefficient (Wildman–Crippen LogP) is 1.60. The van der Waals surface area contributed by atoms with Gasteiger partial charge in [-0.1, -0.05) is 15.9 Å². The molecule has 0 aromatic rings. The number of halogens is 1. The highest BCUT2D eigenvalue weighted by Gasteiger charge is 2.08. The van der Waals surface area contributed by atoms with Crippen molar-refractivity contribution in [2.24, 2.45) is 0 Å². The first-order valence-corrected chi connectivity index (χ1v) is 3.27. The van der Waals surface area contributed by atoms with Crippen LogP contribution in [0.5, 0.6) is 0 Å². The fraction of sp³-hybridized carbons (Fsp3) is 0.800. The van der Waals surface area contributed by atoms with Gasteiger partial charge in [0, 0.05) is 6.61 Å². The summed E-state index contributed by atoms with van der Waals surface area (Å²) in [5, 5.41) is 0.237. The fourth-order valence-electron chi connectivity index (χ4n) is 0.533. The Morgan fingerprint density at radius 3 is 2.86 bits per heavy atom. The van der Waals surface area contributed by atoms with E-state index in [1.54, 1.807) is 0 Å². The second-order valence-corrected chi connectivity index (χ2v) is 2.51. The molecule has 1 aliphatic rings. The summed E-state index contributed by atoms with van der Waals surface area (Å²) in [6.07, 6.45) is 5.08.